The molecule has 0 atom stereocenters. The van der Waals surface area contributed by atoms with E-state index in [0.717, 1.165) is 54.6 Å². The summed E-state index contributed by atoms with van der Waals surface area (Å²) in [4.78, 5) is 14.5. The summed E-state index contributed by atoms with van der Waals surface area (Å²) in [7, 11) is -3.40. The first-order valence-electron chi connectivity index (χ1n) is 14.4. The number of rotatable bonds is 6. The van der Waals surface area contributed by atoms with Crippen molar-refractivity contribution in [1.29, 1.82) is 0 Å². The predicted octanol–water partition coefficient (Wildman–Crippen LogP) is 6.57. The fourth-order valence-electron chi connectivity index (χ4n) is 4.52. The lowest BCUT2D eigenvalue weighted by Crippen LogP contribution is -2.46. The molecular formula is C31H49N3O4S. The molecule has 0 unspecified atom stereocenters. The van der Waals surface area contributed by atoms with Crippen molar-refractivity contribution in [3.63, 3.8) is 0 Å². The fourth-order valence-corrected chi connectivity index (χ4v) is 5.07. The molecule has 0 saturated carbocycles. The van der Waals surface area contributed by atoms with Crippen LogP contribution in [-0.2, 0) is 10.0 Å². The van der Waals surface area contributed by atoms with Gasteiger partial charge < -0.3 is 15.0 Å². The Kier molecular flexibility index (Phi) is 14.3. The summed E-state index contributed by atoms with van der Waals surface area (Å²) < 4.78 is 32.6. The van der Waals surface area contributed by atoms with E-state index in [-0.39, 0.29) is 5.91 Å². The Hall–Kier alpha value is -2.84. The maximum absolute atomic E-state index is 12.7. The van der Waals surface area contributed by atoms with Crippen molar-refractivity contribution >= 4 is 27.2 Å². The number of ether oxygens (including phenoxy) is 1. The quantitative estimate of drug-likeness (QED) is 0.418. The van der Waals surface area contributed by atoms with Gasteiger partial charge in [0.05, 0.1) is 6.26 Å². The Morgan fingerprint density at radius 1 is 0.949 bits per heavy atom. The standard InChI is InChI=1S/C25H31N3O4S.3C2H6/c1-4-28(5-2)24(29)19-8-6-18(7-9-19)22-17-25(12-14-26-15-13-25)32-23-11-10-20(16-21(22)23)27-33(3,30)31;3*1-2/h6-11,16-17,26-27H,4-5,12-15H2,1-3H3;3*1-2H3. The van der Waals surface area contributed by atoms with Gasteiger partial charge in [-0.2, -0.15) is 0 Å². The normalized spacial score (nSPS) is 14.8. The molecule has 2 aromatic rings. The van der Waals surface area contributed by atoms with Crippen molar-refractivity contribution in [3.8, 4) is 5.75 Å². The molecule has 2 aliphatic heterocycles. The van der Waals surface area contributed by atoms with Gasteiger partial charge in [0.25, 0.3) is 5.91 Å². The van der Waals surface area contributed by atoms with Crippen LogP contribution in [0.1, 0.15) is 89.7 Å². The summed E-state index contributed by atoms with van der Waals surface area (Å²) in [5.41, 5.74) is 3.51. The van der Waals surface area contributed by atoms with Gasteiger partial charge in [-0.15, -0.1) is 0 Å². The number of sulfonamides is 1. The summed E-state index contributed by atoms with van der Waals surface area (Å²) in [6.45, 7) is 19.0. The van der Waals surface area contributed by atoms with Crippen LogP contribution in [0.2, 0.25) is 0 Å². The van der Waals surface area contributed by atoms with Gasteiger partial charge in [0.2, 0.25) is 10.0 Å². The smallest absolute Gasteiger partial charge is 0.253 e. The Balaban J connectivity index is 0.00000119. The Bertz CT molecular complexity index is 1160. The third-order valence-corrected chi connectivity index (χ3v) is 6.84. The van der Waals surface area contributed by atoms with Gasteiger partial charge in [0.15, 0.2) is 0 Å². The van der Waals surface area contributed by atoms with Crippen LogP contribution >= 0.6 is 0 Å². The fraction of sp³-hybridized carbons (Fsp3) is 0.516. The van der Waals surface area contributed by atoms with E-state index in [1.807, 2.05) is 91.8 Å². The summed E-state index contributed by atoms with van der Waals surface area (Å²) in [6, 6.07) is 13.0. The van der Waals surface area contributed by atoms with E-state index >= 15 is 0 Å². The average molecular weight is 560 g/mol. The van der Waals surface area contributed by atoms with E-state index in [0.29, 0.717) is 24.3 Å². The van der Waals surface area contributed by atoms with Crippen LogP contribution in [0.5, 0.6) is 5.75 Å². The van der Waals surface area contributed by atoms with Crippen LogP contribution in [0.15, 0.2) is 48.5 Å². The molecule has 218 valence electrons. The van der Waals surface area contributed by atoms with Crippen molar-refractivity contribution in [2.24, 2.45) is 0 Å². The molecule has 0 radical (unpaired) electrons. The lowest BCUT2D eigenvalue weighted by Gasteiger charge is -2.40. The summed E-state index contributed by atoms with van der Waals surface area (Å²) >= 11 is 0. The van der Waals surface area contributed by atoms with Crippen molar-refractivity contribution in [1.82, 2.24) is 10.2 Å². The summed E-state index contributed by atoms with van der Waals surface area (Å²) in [5, 5.41) is 3.38. The first-order chi connectivity index (χ1) is 18.7. The average Bonchev–Trinajstić information content (AvgIpc) is 2.96. The molecule has 0 bridgehead atoms. The van der Waals surface area contributed by atoms with Gasteiger partial charge >= 0.3 is 0 Å². The molecule has 2 N–H and O–H groups in total. The second-order valence-electron chi connectivity index (χ2n) is 8.61. The van der Waals surface area contributed by atoms with E-state index in [1.165, 1.54) is 0 Å². The maximum atomic E-state index is 12.7. The van der Waals surface area contributed by atoms with Crippen molar-refractivity contribution in [2.75, 3.05) is 37.2 Å². The van der Waals surface area contributed by atoms with Gasteiger partial charge in [-0.25, -0.2) is 8.42 Å². The van der Waals surface area contributed by atoms with Crippen LogP contribution in [0.25, 0.3) is 5.57 Å². The van der Waals surface area contributed by atoms with E-state index in [1.54, 1.807) is 11.0 Å². The minimum Gasteiger partial charge on any atom is -0.482 e. The van der Waals surface area contributed by atoms with E-state index in [9.17, 15) is 13.2 Å². The first-order valence-corrected chi connectivity index (χ1v) is 16.3. The molecule has 1 saturated heterocycles. The van der Waals surface area contributed by atoms with E-state index in [2.05, 4.69) is 16.1 Å². The molecule has 8 heteroatoms. The molecule has 1 amide bonds. The SMILES string of the molecule is CC.CC.CC.CCN(CC)C(=O)c1ccc(C2=CC3(CCNCC3)Oc3ccc(NS(C)(=O)=O)cc32)cc1. The number of hydrogen-bond acceptors (Lipinski definition) is 5. The molecule has 0 aromatic heterocycles. The number of benzene rings is 2. The van der Waals surface area contributed by atoms with Crippen molar-refractivity contribution in [2.45, 2.75) is 73.8 Å². The number of piperidine rings is 1. The molecule has 7 nitrogen and oxygen atoms in total. The molecular weight excluding hydrogens is 510 g/mol. The topological polar surface area (TPSA) is 87.7 Å². The highest BCUT2D eigenvalue weighted by molar-refractivity contribution is 7.92. The lowest BCUT2D eigenvalue weighted by atomic mass is 9.83. The molecule has 2 heterocycles. The van der Waals surface area contributed by atoms with Gasteiger partial charge in [-0.3, -0.25) is 9.52 Å². The number of carbonyl (C=O) groups excluding carboxylic acids is 1. The highest BCUT2D eigenvalue weighted by atomic mass is 32.2. The predicted molar refractivity (Wildman–Crippen MR) is 165 cm³/mol. The van der Waals surface area contributed by atoms with Gasteiger partial charge in [-0.05, 0) is 74.5 Å². The van der Waals surface area contributed by atoms with Crippen LogP contribution < -0.4 is 14.8 Å². The van der Waals surface area contributed by atoms with Gasteiger partial charge in [-0.1, -0.05) is 53.7 Å². The highest BCUT2D eigenvalue weighted by Crippen LogP contribution is 2.43. The van der Waals surface area contributed by atoms with Crippen molar-refractivity contribution < 1.29 is 17.9 Å². The minimum absolute atomic E-state index is 0.0161. The van der Waals surface area contributed by atoms with E-state index < -0.39 is 15.6 Å². The summed E-state index contributed by atoms with van der Waals surface area (Å²) in [6.07, 6.45) is 4.99. The second-order valence-corrected chi connectivity index (χ2v) is 10.4. The molecule has 0 aliphatic carbocycles. The van der Waals surface area contributed by atoms with Crippen molar-refractivity contribution in [3.05, 3.63) is 65.2 Å². The molecule has 1 fully saturated rings. The number of anilines is 1. The first kappa shape index (κ1) is 34.2. The molecule has 1 spiro atoms. The highest BCUT2D eigenvalue weighted by Gasteiger charge is 2.37. The Morgan fingerprint density at radius 2 is 1.51 bits per heavy atom. The molecule has 4 rings (SSSR count). The summed E-state index contributed by atoms with van der Waals surface area (Å²) in [5.74, 6) is 0.749. The zero-order valence-corrected chi connectivity index (χ0v) is 26.2. The van der Waals surface area contributed by atoms with Gasteiger partial charge in [0, 0.05) is 42.7 Å². The monoisotopic (exact) mass is 559 g/mol. The molecule has 2 aliphatic rings. The minimum atomic E-state index is -3.40. The zero-order valence-electron chi connectivity index (χ0n) is 25.3. The molecule has 39 heavy (non-hydrogen) atoms. The van der Waals surface area contributed by atoms with Crippen LogP contribution in [-0.4, -0.2) is 57.3 Å². The largest absolute Gasteiger partial charge is 0.482 e. The number of amides is 1. The number of fused-ring (bicyclic) bond motifs is 1. The second kappa shape index (κ2) is 16.3. The number of carbonyl (C=O) groups is 1. The van der Waals surface area contributed by atoms with Gasteiger partial charge in [0.1, 0.15) is 11.4 Å². The van der Waals surface area contributed by atoms with Crippen LogP contribution in [0.3, 0.4) is 0 Å². The lowest BCUT2D eigenvalue weighted by molar-refractivity contribution is 0.0772. The Labute approximate surface area is 237 Å². The Morgan fingerprint density at radius 3 is 2.03 bits per heavy atom. The number of nitrogens with one attached hydrogen (secondary N) is 2. The third kappa shape index (κ3) is 9.11. The van der Waals surface area contributed by atoms with E-state index in [4.69, 9.17) is 4.74 Å². The third-order valence-electron chi connectivity index (χ3n) is 6.24. The maximum Gasteiger partial charge on any atom is 0.253 e. The zero-order chi connectivity index (χ0) is 29.6. The number of nitrogens with zero attached hydrogens (tertiary/aromatic N) is 1. The van der Waals surface area contributed by atoms with Crippen LogP contribution in [0, 0.1) is 0 Å². The number of hydrogen-bond donors (Lipinski definition) is 2. The molecule has 2 aromatic carbocycles. The van der Waals surface area contributed by atoms with Crippen LogP contribution in [0.4, 0.5) is 5.69 Å².